The maximum Gasteiger partial charge on any atom is 0.439 e. The molecule has 302 valence electrons. The van der Waals surface area contributed by atoms with E-state index in [1.165, 1.54) is 0 Å². The second-order valence-corrected chi connectivity index (χ2v) is 26.6. The molecule has 0 saturated heterocycles. The Morgan fingerprint density at radius 1 is 0.210 bits per heavy atom. The van der Waals surface area contributed by atoms with Crippen molar-refractivity contribution in [1.82, 2.24) is 0 Å². The van der Waals surface area contributed by atoms with Gasteiger partial charge in [0.15, 0.2) is 0 Å². The summed E-state index contributed by atoms with van der Waals surface area (Å²) in [4.78, 5) is 0. The van der Waals surface area contributed by atoms with E-state index in [0.29, 0.717) is 0 Å². The maximum atomic E-state index is 8.59. The summed E-state index contributed by atoms with van der Waals surface area (Å²) in [6.07, 6.45) is 0. The first kappa shape index (κ1) is 41.4. The van der Waals surface area contributed by atoms with Gasteiger partial charge >= 0.3 is 7.87 Å². The summed E-state index contributed by atoms with van der Waals surface area (Å²) in [5.74, 6) is 0. The lowest BCUT2D eigenvalue weighted by Crippen LogP contribution is -2.28. The average Bonchev–Trinajstić information content (AvgIpc) is 3.37. The Morgan fingerprint density at radius 2 is 0.323 bits per heavy atom. The van der Waals surface area contributed by atoms with E-state index in [9.17, 15) is 0 Å². The zero-order valence-electron chi connectivity index (χ0n) is 34.2. The minimum absolute atomic E-state index is 1.09. The molecule has 0 aliphatic carbocycles. The SMILES string of the molecule is N[P+](N=P(c1ccccc1)(c1ccccc1)c1ccccc1)(N=P(c1ccccc1)(c1ccccc1)c1ccccc1)N=P(c1ccccc1)(c1ccccc1)c1ccccc1. The molecule has 9 aromatic rings. The topological polar surface area (TPSA) is 63.1 Å². The van der Waals surface area contributed by atoms with E-state index in [2.05, 4.69) is 273 Å². The predicted molar refractivity (Wildman–Crippen MR) is 274 cm³/mol. The monoisotopic (exact) mass is 875 g/mol. The summed E-state index contributed by atoms with van der Waals surface area (Å²) >= 11 is 0. The van der Waals surface area contributed by atoms with Crippen LogP contribution >= 0.6 is 29.0 Å². The lowest BCUT2D eigenvalue weighted by Gasteiger charge is -2.31. The van der Waals surface area contributed by atoms with Gasteiger partial charge in [-0.3, -0.25) is 0 Å². The van der Waals surface area contributed by atoms with Crippen LogP contribution in [0.5, 0.6) is 0 Å². The molecule has 8 heteroatoms. The zero-order valence-corrected chi connectivity index (χ0v) is 37.8. The van der Waals surface area contributed by atoms with Gasteiger partial charge in [0.2, 0.25) is 0 Å². The van der Waals surface area contributed by atoms with Gasteiger partial charge in [-0.05, 0) is 0 Å². The molecule has 0 heterocycles. The van der Waals surface area contributed by atoms with E-state index in [0.717, 1.165) is 47.7 Å². The maximum absolute atomic E-state index is 8.59. The van der Waals surface area contributed by atoms with Gasteiger partial charge in [-0.25, -0.2) is 0 Å². The highest BCUT2D eigenvalue weighted by atomic mass is 31.3. The summed E-state index contributed by atoms with van der Waals surface area (Å²) in [6.45, 7) is 0. The Bertz CT molecular complexity index is 2370. The summed E-state index contributed by atoms with van der Waals surface area (Å²) in [5, 5.41) is 9.78. The van der Waals surface area contributed by atoms with Crippen molar-refractivity contribution in [2.45, 2.75) is 0 Å². The molecule has 9 aromatic carbocycles. The molecule has 0 unspecified atom stereocenters. The van der Waals surface area contributed by atoms with Crippen molar-refractivity contribution in [3.05, 3.63) is 273 Å². The number of rotatable bonds is 12. The van der Waals surface area contributed by atoms with Gasteiger partial charge < -0.3 is 0 Å². The number of nitrogens with zero attached hydrogens (tertiary/aromatic N) is 3. The van der Waals surface area contributed by atoms with Crippen molar-refractivity contribution in [2.24, 2.45) is 19.1 Å². The molecule has 0 fully saturated rings. The van der Waals surface area contributed by atoms with Crippen LogP contribution in [0.3, 0.4) is 0 Å². The zero-order chi connectivity index (χ0) is 42.1. The van der Waals surface area contributed by atoms with Crippen LogP contribution in [0.1, 0.15) is 0 Å². The fourth-order valence-electron chi connectivity index (χ4n) is 8.25. The largest absolute Gasteiger partial charge is 0.439 e. The third-order valence-electron chi connectivity index (χ3n) is 11.0. The predicted octanol–water partition coefficient (Wildman–Crippen LogP) is 11.2. The lowest BCUT2D eigenvalue weighted by molar-refractivity contribution is 1.53. The molecule has 0 atom stereocenters. The highest BCUT2D eigenvalue weighted by molar-refractivity contribution is 7.99. The van der Waals surface area contributed by atoms with Gasteiger partial charge in [-0.1, -0.05) is 287 Å². The molecular formula is C54H47N4P4+. The molecule has 0 radical (unpaired) electrons. The average molecular weight is 876 g/mol. The van der Waals surface area contributed by atoms with Crippen molar-refractivity contribution in [3.63, 3.8) is 0 Å². The van der Waals surface area contributed by atoms with E-state index >= 15 is 0 Å². The molecule has 0 bridgehead atoms. The normalized spacial score (nSPS) is 12.0. The molecule has 4 nitrogen and oxygen atoms in total. The molecular weight excluding hydrogens is 829 g/mol. The van der Waals surface area contributed by atoms with Crippen molar-refractivity contribution in [2.75, 3.05) is 0 Å². The van der Waals surface area contributed by atoms with Gasteiger partial charge in [0.05, 0.1) is 0 Å². The van der Waals surface area contributed by atoms with Crippen LogP contribution in [0.4, 0.5) is 0 Å². The molecule has 0 aliphatic heterocycles. The quantitative estimate of drug-likeness (QED) is 0.122. The number of nitrogens with two attached hydrogens (primary N) is 1. The molecule has 0 spiro atoms. The fourth-order valence-corrected chi connectivity index (χ4v) is 26.2. The van der Waals surface area contributed by atoms with E-state index < -0.39 is 29.0 Å². The first-order chi connectivity index (χ1) is 30.6. The van der Waals surface area contributed by atoms with Crippen molar-refractivity contribution >= 4 is 76.8 Å². The number of benzene rings is 9. The second-order valence-electron chi connectivity index (χ2n) is 14.8. The van der Waals surface area contributed by atoms with Gasteiger partial charge in [0, 0.05) is 47.7 Å². The van der Waals surface area contributed by atoms with Gasteiger partial charge in [0.1, 0.15) is 21.2 Å². The molecule has 0 aromatic heterocycles. The molecule has 0 saturated carbocycles. The Kier molecular flexibility index (Phi) is 12.4. The van der Waals surface area contributed by atoms with E-state index in [-0.39, 0.29) is 0 Å². The highest BCUT2D eigenvalue weighted by Gasteiger charge is 2.48. The van der Waals surface area contributed by atoms with Crippen LogP contribution in [-0.2, 0) is 0 Å². The second kappa shape index (κ2) is 18.6. The van der Waals surface area contributed by atoms with E-state index in [4.69, 9.17) is 19.1 Å². The minimum Gasteiger partial charge on any atom is -0.141 e. The first-order valence-electron chi connectivity index (χ1n) is 20.7. The molecule has 0 aliphatic rings. The van der Waals surface area contributed by atoms with Crippen LogP contribution in [-0.4, -0.2) is 0 Å². The number of hydrogen-bond acceptors (Lipinski definition) is 4. The Balaban J connectivity index is 1.60. The van der Waals surface area contributed by atoms with Crippen molar-refractivity contribution < 1.29 is 0 Å². The molecule has 62 heavy (non-hydrogen) atoms. The van der Waals surface area contributed by atoms with E-state index in [1.807, 2.05) is 0 Å². The van der Waals surface area contributed by atoms with Crippen LogP contribution in [0.15, 0.2) is 287 Å². The van der Waals surface area contributed by atoms with Gasteiger partial charge in [0.25, 0.3) is 0 Å². The highest BCUT2D eigenvalue weighted by Crippen LogP contribution is 2.75. The van der Waals surface area contributed by atoms with Gasteiger partial charge in [-0.15, -0.1) is 5.50 Å². The summed E-state index contributed by atoms with van der Waals surface area (Å²) in [6, 6.07) is 96.5. The Hall–Kier alpha value is -5.94. The van der Waals surface area contributed by atoms with Gasteiger partial charge in [-0.2, -0.15) is 0 Å². The van der Waals surface area contributed by atoms with Crippen LogP contribution in [0.25, 0.3) is 0 Å². The lowest BCUT2D eigenvalue weighted by atomic mass is 10.4. The van der Waals surface area contributed by atoms with Crippen LogP contribution in [0.2, 0.25) is 0 Å². The fraction of sp³-hybridized carbons (Fsp3) is 0. The third kappa shape index (κ3) is 7.98. The summed E-state index contributed by atoms with van der Waals surface area (Å²) in [7, 11) is -12.8. The number of hydrogen-bond donors (Lipinski definition) is 1. The van der Waals surface area contributed by atoms with Crippen molar-refractivity contribution in [1.29, 1.82) is 0 Å². The van der Waals surface area contributed by atoms with Crippen molar-refractivity contribution in [3.8, 4) is 0 Å². The first-order valence-corrected chi connectivity index (χ1v) is 27.6. The van der Waals surface area contributed by atoms with Crippen LogP contribution < -0.4 is 53.2 Å². The smallest absolute Gasteiger partial charge is 0.141 e. The molecule has 0 amide bonds. The summed E-state index contributed by atoms with van der Waals surface area (Å²) in [5.41, 5.74) is 8.59. The molecule has 2 N–H and O–H groups in total. The third-order valence-corrected chi connectivity index (χ3v) is 26.8. The Morgan fingerprint density at radius 3 is 0.435 bits per heavy atom. The summed E-state index contributed by atoms with van der Waals surface area (Å²) < 4.78 is 19.2. The standard InChI is InChI=1S/C54H47N4P4/c55-62(56-59(46-28-10-1-11-29-46,47-30-12-2-13-31-47)48-32-14-3-15-33-48,57-60(49-34-16-4-17-35-49,50-36-18-5-19-37-50)51-38-20-6-21-39-51)58-61(52-40-22-7-23-41-52,53-42-24-8-25-43-53)54-44-26-9-27-45-54/h1-45H,55H2/q+1. The Labute approximate surface area is 367 Å². The van der Waals surface area contributed by atoms with E-state index in [1.54, 1.807) is 0 Å². The minimum atomic E-state index is -3.80. The van der Waals surface area contributed by atoms with Crippen LogP contribution in [0, 0.1) is 0 Å². The molecule has 9 rings (SSSR count).